The lowest BCUT2D eigenvalue weighted by molar-refractivity contribution is -0.137. The normalized spacial score (nSPS) is 14.1. The summed E-state index contributed by atoms with van der Waals surface area (Å²) in [7, 11) is 0. The van der Waals surface area contributed by atoms with Gasteiger partial charge < -0.3 is 9.73 Å². The van der Waals surface area contributed by atoms with Gasteiger partial charge >= 0.3 is 6.18 Å². The molecule has 4 rings (SSSR count). The van der Waals surface area contributed by atoms with Crippen LogP contribution in [0.25, 0.3) is 21.9 Å². The SMILES string of the molecule is Cl.FC(F)(F)c1ccc(-c2ccc3c(C4=NCCN4)occ3c2)cc1. The van der Waals surface area contributed by atoms with Crippen LogP contribution in [0.5, 0.6) is 0 Å². The molecule has 0 bridgehead atoms. The third-order valence-electron chi connectivity index (χ3n) is 4.03. The molecule has 0 saturated heterocycles. The minimum Gasteiger partial charge on any atom is -0.460 e. The molecule has 3 nitrogen and oxygen atoms in total. The standard InChI is InChI=1S/C18H13F3N2O.ClH/c19-18(20,21)14-4-1-11(2-5-14)12-3-6-15-13(9-12)10-24-16(15)17-22-7-8-23-17;/h1-6,9-10H,7-8H2,(H,22,23);1H. The number of fused-ring (bicyclic) bond motifs is 1. The molecule has 0 unspecified atom stereocenters. The van der Waals surface area contributed by atoms with Crippen LogP contribution in [0.4, 0.5) is 13.2 Å². The van der Waals surface area contributed by atoms with Crippen LogP contribution < -0.4 is 5.32 Å². The van der Waals surface area contributed by atoms with E-state index in [9.17, 15) is 13.2 Å². The van der Waals surface area contributed by atoms with Gasteiger partial charge in [0, 0.05) is 17.3 Å². The largest absolute Gasteiger partial charge is 0.460 e. The lowest BCUT2D eigenvalue weighted by Crippen LogP contribution is -2.18. The summed E-state index contributed by atoms with van der Waals surface area (Å²) in [6.07, 6.45) is -2.68. The maximum atomic E-state index is 12.7. The molecule has 0 radical (unpaired) electrons. The Morgan fingerprint density at radius 3 is 2.36 bits per heavy atom. The minimum absolute atomic E-state index is 0. The number of amidine groups is 1. The Morgan fingerprint density at radius 1 is 1.00 bits per heavy atom. The number of nitrogens with one attached hydrogen (secondary N) is 1. The zero-order valence-corrected chi connectivity index (χ0v) is 13.7. The van der Waals surface area contributed by atoms with Crippen LogP contribution in [0.15, 0.2) is 58.1 Å². The van der Waals surface area contributed by atoms with Crippen LogP contribution >= 0.6 is 12.4 Å². The number of halogens is 4. The molecule has 0 atom stereocenters. The first-order valence-corrected chi connectivity index (χ1v) is 7.50. The van der Waals surface area contributed by atoms with Gasteiger partial charge in [0.05, 0.1) is 18.4 Å². The van der Waals surface area contributed by atoms with Crippen molar-refractivity contribution in [3.05, 3.63) is 60.1 Å². The third kappa shape index (κ3) is 3.22. The summed E-state index contributed by atoms with van der Waals surface area (Å²) in [5, 5.41) is 4.98. The average Bonchev–Trinajstić information content (AvgIpc) is 3.22. The third-order valence-corrected chi connectivity index (χ3v) is 4.03. The molecular weight excluding hydrogens is 353 g/mol. The van der Waals surface area contributed by atoms with E-state index in [1.165, 1.54) is 12.1 Å². The van der Waals surface area contributed by atoms with Gasteiger partial charge in [-0.2, -0.15) is 13.2 Å². The highest BCUT2D eigenvalue weighted by Gasteiger charge is 2.30. The fraction of sp³-hybridized carbons (Fsp3) is 0.167. The van der Waals surface area contributed by atoms with Gasteiger partial charge in [0.1, 0.15) is 0 Å². The molecule has 1 aromatic heterocycles. The molecule has 2 aromatic carbocycles. The Hall–Kier alpha value is -2.47. The molecule has 25 heavy (non-hydrogen) atoms. The van der Waals surface area contributed by atoms with Gasteiger partial charge in [-0.25, -0.2) is 0 Å². The number of hydrogen-bond donors (Lipinski definition) is 1. The van der Waals surface area contributed by atoms with Crippen molar-refractivity contribution in [3.8, 4) is 11.1 Å². The van der Waals surface area contributed by atoms with Crippen LogP contribution in [-0.2, 0) is 6.18 Å². The van der Waals surface area contributed by atoms with Crippen LogP contribution in [0.2, 0.25) is 0 Å². The van der Waals surface area contributed by atoms with Crippen molar-refractivity contribution >= 4 is 29.0 Å². The summed E-state index contributed by atoms with van der Waals surface area (Å²) < 4.78 is 43.6. The minimum atomic E-state index is -4.32. The van der Waals surface area contributed by atoms with E-state index in [1.54, 1.807) is 6.26 Å². The van der Waals surface area contributed by atoms with E-state index in [1.807, 2.05) is 18.2 Å². The lowest BCUT2D eigenvalue weighted by Gasteiger charge is -2.08. The zero-order chi connectivity index (χ0) is 16.7. The van der Waals surface area contributed by atoms with E-state index in [2.05, 4.69) is 10.3 Å². The zero-order valence-electron chi connectivity index (χ0n) is 12.9. The van der Waals surface area contributed by atoms with Crippen LogP contribution in [0, 0.1) is 0 Å². The Labute approximate surface area is 148 Å². The van der Waals surface area contributed by atoms with Gasteiger partial charge in [0.25, 0.3) is 0 Å². The first-order chi connectivity index (χ1) is 11.5. The molecule has 7 heteroatoms. The van der Waals surface area contributed by atoms with Crippen molar-refractivity contribution in [2.45, 2.75) is 6.18 Å². The van der Waals surface area contributed by atoms with Crippen LogP contribution in [-0.4, -0.2) is 18.9 Å². The Balaban J connectivity index is 0.00000182. The second-order valence-corrected chi connectivity index (χ2v) is 5.60. The van der Waals surface area contributed by atoms with Gasteiger partial charge in [0.15, 0.2) is 11.6 Å². The molecule has 0 aliphatic carbocycles. The number of rotatable bonds is 2. The number of nitrogens with zero attached hydrogens (tertiary/aromatic N) is 1. The molecule has 2 heterocycles. The monoisotopic (exact) mass is 366 g/mol. The van der Waals surface area contributed by atoms with Crippen LogP contribution in [0.1, 0.15) is 11.3 Å². The van der Waals surface area contributed by atoms with E-state index in [0.717, 1.165) is 53.0 Å². The number of benzene rings is 2. The van der Waals surface area contributed by atoms with Crippen molar-refractivity contribution in [1.82, 2.24) is 5.32 Å². The predicted molar refractivity (Wildman–Crippen MR) is 93.3 cm³/mol. The van der Waals surface area contributed by atoms with E-state index in [0.29, 0.717) is 5.76 Å². The number of alkyl halides is 3. The van der Waals surface area contributed by atoms with Gasteiger partial charge in [-0.1, -0.05) is 18.2 Å². The molecule has 1 aliphatic rings. The maximum absolute atomic E-state index is 12.7. The molecule has 0 spiro atoms. The number of aliphatic imine (C=N–C) groups is 1. The van der Waals surface area contributed by atoms with Gasteiger partial charge in [-0.3, -0.25) is 4.99 Å². The second kappa shape index (κ2) is 6.44. The quantitative estimate of drug-likeness (QED) is 0.701. The number of hydrogen-bond acceptors (Lipinski definition) is 3. The summed E-state index contributed by atoms with van der Waals surface area (Å²) in [6, 6.07) is 10.8. The van der Waals surface area contributed by atoms with E-state index < -0.39 is 11.7 Å². The average molecular weight is 367 g/mol. The fourth-order valence-corrected chi connectivity index (χ4v) is 2.82. The Kier molecular flexibility index (Phi) is 4.47. The fourth-order valence-electron chi connectivity index (χ4n) is 2.82. The van der Waals surface area contributed by atoms with Gasteiger partial charge in [0.2, 0.25) is 0 Å². The molecule has 1 aliphatic heterocycles. The summed E-state index contributed by atoms with van der Waals surface area (Å²) >= 11 is 0. The lowest BCUT2D eigenvalue weighted by atomic mass is 10.0. The molecule has 0 fully saturated rings. The van der Waals surface area contributed by atoms with Crippen molar-refractivity contribution in [2.75, 3.05) is 13.1 Å². The molecule has 1 N–H and O–H groups in total. The maximum Gasteiger partial charge on any atom is 0.416 e. The molecule has 130 valence electrons. The first kappa shape index (κ1) is 17.4. The Morgan fingerprint density at radius 2 is 1.72 bits per heavy atom. The molecule has 3 aromatic rings. The van der Waals surface area contributed by atoms with Gasteiger partial charge in [-0.05, 0) is 35.4 Å². The Bertz CT molecular complexity index is 930. The van der Waals surface area contributed by atoms with Crippen molar-refractivity contribution in [2.24, 2.45) is 4.99 Å². The highest BCUT2D eigenvalue weighted by Crippen LogP contribution is 2.32. The molecule has 0 amide bonds. The van der Waals surface area contributed by atoms with Crippen LogP contribution in [0.3, 0.4) is 0 Å². The smallest absolute Gasteiger partial charge is 0.416 e. The number of furan rings is 1. The topological polar surface area (TPSA) is 37.5 Å². The highest BCUT2D eigenvalue weighted by molar-refractivity contribution is 6.08. The predicted octanol–water partition coefficient (Wildman–Crippen LogP) is 4.89. The van der Waals surface area contributed by atoms with E-state index >= 15 is 0 Å². The second-order valence-electron chi connectivity index (χ2n) is 5.60. The van der Waals surface area contributed by atoms with Crippen molar-refractivity contribution < 1.29 is 17.6 Å². The summed E-state index contributed by atoms with van der Waals surface area (Å²) in [6.45, 7) is 1.52. The van der Waals surface area contributed by atoms with E-state index in [4.69, 9.17) is 4.42 Å². The van der Waals surface area contributed by atoms with E-state index in [-0.39, 0.29) is 12.4 Å². The summed E-state index contributed by atoms with van der Waals surface area (Å²) in [5.41, 5.74) is 0.914. The molecular formula is C18H14ClF3N2O. The first-order valence-electron chi connectivity index (χ1n) is 7.50. The summed E-state index contributed by atoms with van der Waals surface area (Å²) in [4.78, 5) is 4.35. The summed E-state index contributed by atoms with van der Waals surface area (Å²) in [5.74, 6) is 1.44. The van der Waals surface area contributed by atoms with Crippen molar-refractivity contribution in [3.63, 3.8) is 0 Å². The van der Waals surface area contributed by atoms with Crippen molar-refractivity contribution in [1.29, 1.82) is 0 Å². The van der Waals surface area contributed by atoms with Gasteiger partial charge in [-0.15, -0.1) is 12.4 Å². The highest BCUT2D eigenvalue weighted by atomic mass is 35.5. The molecule has 0 saturated carbocycles.